The zero-order valence-corrected chi connectivity index (χ0v) is 9.05. The molecule has 2 N–H and O–H groups in total. The van der Waals surface area contributed by atoms with Gasteiger partial charge in [0.25, 0.3) is 0 Å². The highest BCUT2D eigenvalue weighted by Crippen LogP contribution is 1.79. The van der Waals surface area contributed by atoms with Crippen molar-refractivity contribution in [3.8, 4) is 12.3 Å². The first-order valence-electron chi connectivity index (χ1n) is 4.28. The van der Waals surface area contributed by atoms with Crippen LogP contribution in [0.3, 0.4) is 0 Å². The van der Waals surface area contributed by atoms with E-state index in [9.17, 15) is 0 Å². The standard InChI is InChI=1S/C9H17NO3.ClH/c1-2-4-11-6-8-13-9-7-12-5-3-10;/h1H,3-10H2;1H. The van der Waals surface area contributed by atoms with Crippen LogP contribution in [0, 0.1) is 12.3 Å². The van der Waals surface area contributed by atoms with Crippen LogP contribution < -0.4 is 5.73 Å². The highest BCUT2D eigenvalue weighted by Gasteiger charge is 1.89. The summed E-state index contributed by atoms with van der Waals surface area (Å²) >= 11 is 0. The van der Waals surface area contributed by atoms with Crippen molar-refractivity contribution in [2.45, 2.75) is 0 Å². The summed E-state index contributed by atoms with van der Waals surface area (Å²) in [6.45, 7) is 3.69. The molecule has 0 saturated carbocycles. The van der Waals surface area contributed by atoms with Crippen molar-refractivity contribution in [3.05, 3.63) is 0 Å². The normalized spacial score (nSPS) is 9.14. The van der Waals surface area contributed by atoms with Crippen molar-refractivity contribution in [1.29, 1.82) is 0 Å². The Labute approximate surface area is 91.5 Å². The quantitative estimate of drug-likeness (QED) is 0.443. The maximum atomic E-state index is 5.22. The average molecular weight is 224 g/mol. The van der Waals surface area contributed by atoms with Crippen LogP contribution in [0.2, 0.25) is 0 Å². The van der Waals surface area contributed by atoms with Gasteiger partial charge in [0.1, 0.15) is 6.61 Å². The molecule has 0 saturated heterocycles. The number of nitrogens with two attached hydrogens (primary N) is 1. The predicted molar refractivity (Wildman–Crippen MR) is 57.6 cm³/mol. The van der Waals surface area contributed by atoms with Gasteiger partial charge >= 0.3 is 0 Å². The van der Waals surface area contributed by atoms with Gasteiger partial charge in [0.05, 0.1) is 33.0 Å². The minimum Gasteiger partial charge on any atom is -0.378 e. The summed E-state index contributed by atoms with van der Waals surface area (Å²) < 4.78 is 15.2. The number of terminal acetylenes is 1. The minimum atomic E-state index is 0. The third-order valence-corrected chi connectivity index (χ3v) is 1.19. The lowest BCUT2D eigenvalue weighted by atomic mass is 10.7. The molecule has 0 aliphatic carbocycles. The Morgan fingerprint density at radius 2 is 1.43 bits per heavy atom. The van der Waals surface area contributed by atoms with Crippen LogP contribution in [0.5, 0.6) is 0 Å². The summed E-state index contributed by atoms with van der Waals surface area (Å²) in [5.74, 6) is 2.37. The second-order valence-electron chi connectivity index (χ2n) is 2.27. The third kappa shape index (κ3) is 14.2. The first-order chi connectivity index (χ1) is 6.41. The van der Waals surface area contributed by atoms with Crippen molar-refractivity contribution < 1.29 is 14.2 Å². The SMILES string of the molecule is C#CCOCCOCCOCCN.Cl. The van der Waals surface area contributed by atoms with E-state index < -0.39 is 0 Å². The fourth-order valence-corrected chi connectivity index (χ4v) is 0.654. The van der Waals surface area contributed by atoms with E-state index >= 15 is 0 Å². The molecule has 0 heterocycles. The molecule has 0 unspecified atom stereocenters. The summed E-state index contributed by atoms with van der Waals surface area (Å²) in [6, 6.07) is 0. The van der Waals surface area contributed by atoms with Crippen LogP contribution in [-0.2, 0) is 14.2 Å². The van der Waals surface area contributed by atoms with Crippen LogP contribution in [0.1, 0.15) is 0 Å². The predicted octanol–water partition coefficient (Wildman–Crippen LogP) is 0.0499. The zero-order valence-electron chi connectivity index (χ0n) is 8.24. The molecule has 14 heavy (non-hydrogen) atoms. The number of rotatable bonds is 9. The van der Waals surface area contributed by atoms with Crippen molar-refractivity contribution in [2.24, 2.45) is 5.73 Å². The Morgan fingerprint density at radius 3 is 1.93 bits per heavy atom. The summed E-state index contributed by atoms with van der Waals surface area (Å²) in [4.78, 5) is 0. The molecule has 4 nitrogen and oxygen atoms in total. The summed E-state index contributed by atoms with van der Waals surface area (Å²) in [7, 11) is 0. The Kier molecular flexibility index (Phi) is 17.5. The van der Waals surface area contributed by atoms with Gasteiger partial charge < -0.3 is 19.9 Å². The average Bonchev–Trinajstić information content (AvgIpc) is 2.16. The van der Waals surface area contributed by atoms with Crippen molar-refractivity contribution >= 4 is 12.4 Å². The second kappa shape index (κ2) is 15.2. The van der Waals surface area contributed by atoms with E-state index in [2.05, 4.69) is 5.92 Å². The monoisotopic (exact) mass is 223 g/mol. The molecule has 84 valence electrons. The number of hydrogen-bond donors (Lipinski definition) is 1. The molecular weight excluding hydrogens is 206 g/mol. The van der Waals surface area contributed by atoms with Gasteiger partial charge in [-0.2, -0.15) is 0 Å². The summed E-state index contributed by atoms with van der Waals surface area (Å²) in [5, 5.41) is 0. The molecule has 0 radical (unpaired) electrons. The van der Waals surface area contributed by atoms with Gasteiger partial charge in [-0.3, -0.25) is 0 Å². The lowest BCUT2D eigenvalue weighted by Crippen LogP contribution is -2.13. The van der Waals surface area contributed by atoms with Crippen molar-refractivity contribution in [1.82, 2.24) is 0 Å². The van der Waals surface area contributed by atoms with Crippen LogP contribution in [0.15, 0.2) is 0 Å². The van der Waals surface area contributed by atoms with E-state index in [4.69, 9.17) is 26.4 Å². The summed E-state index contributed by atoms with van der Waals surface area (Å²) in [5.41, 5.74) is 5.22. The smallest absolute Gasteiger partial charge is 0.107 e. The Hall–Kier alpha value is -0.310. The van der Waals surface area contributed by atoms with Gasteiger partial charge in [-0.1, -0.05) is 5.92 Å². The van der Waals surface area contributed by atoms with Crippen LogP contribution >= 0.6 is 12.4 Å². The summed E-state index contributed by atoms with van der Waals surface area (Å²) in [6.07, 6.45) is 4.98. The topological polar surface area (TPSA) is 53.7 Å². The lowest BCUT2D eigenvalue weighted by molar-refractivity contribution is 0.0220. The maximum absolute atomic E-state index is 5.22. The van der Waals surface area contributed by atoms with Gasteiger partial charge in [-0.05, 0) is 0 Å². The molecule has 0 rings (SSSR count). The van der Waals surface area contributed by atoms with Crippen LogP contribution in [-0.4, -0.2) is 46.2 Å². The molecule has 0 aromatic heterocycles. The second-order valence-corrected chi connectivity index (χ2v) is 2.27. The first-order valence-corrected chi connectivity index (χ1v) is 4.28. The maximum Gasteiger partial charge on any atom is 0.107 e. The molecule has 0 aromatic carbocycles. The Balaban J connectivity index is 0. The van der Waals surface area contributed by atoms with Crippen LogP contribution in [0.4, 0.5) is 0 Å². The largest absolute Gasteiger partial charge is 0.378 e. The van der Waals surface area contributed by atoms with Gasteiger partial charge in [-0.25, -0.2) is 0 Å². The van der Waals surface area contributed by atoms with Gasteiger partial charge in [0.2, 0.25) is 0 Å². The fourth-order valence-electron chi connectivity index (χ4n) is 0.654. The van der Waals surface area contributed by atoms with E-state index in [1.165, 1.54) is 0 Å². The van der Waals surface area contributed by atoms with Crippen molar-refractivity contribution in [2.75, 3.05) is 46.2 Å². The number of hydrogen-bond acceptors (Lipinski definition) is 4. The molecule has 5 heteroatoms. The fraction of sp³-hybridized carbons (Fsp3) is 0.778. The molecule has 0 bridgehead atoms. The highest BCUT2D eigenvalue weighted by molar-refractivity contribution is 5.85. The van der Waals surface area contributed by atoms with E-state index in [1.54, 1.807) is 0 Å². The molecular formula is C9H18ClNO3. The third-order valence-electron chi connectivity index (χ3n) is 1.19. The highest BCUT2D eigenvalue weighted by atomic mass is 35.5. The van der Waals surface area contributed by atoms with E-state index in [-0.39, 0.29) is 12.4 Å². The van der Waals surface area contributed by atoms with Gasteiger partial charge in [0.15, 0.2) is 0 Å². The zero-order chi connectivity index (χ0) is 9.78. The van der Waals surface area contributed by atoms with Crippen molar-refractivity contribution in [3.63, 3.8) is 0 Å². The van der Waals surface area contributed by atoms with E-state index in [0.29, 0.717) is 46.2 Å². The molecule has 0 aliphatic rings. The first kappa shape index (κ1) is 16.1. The molecule has 0 spiro atoms. The molecule has 0 fully saturated rings. The van der Waals surface area contributed by atoms with Gasteiger partial charge in [-0.15, -0.1) is 18.8 Å². The van der Waals surface area contributed by atoms with E-state index in [1.807, 2.05) is 0 Å². The Morgan fingerprint density at radius 1 is 0.929 bits per heavy atom. The van der Waals surface area contributed by atoms with E-state index in [0.717, 1.165) is 0 Å². The lowest BCUT2D eigenvalue weighted by Gasteiger charge is -2.04. The van der Waals surface area contributed by atoms with Gasteiger partial charge in [0, 0.05) is 6.54 Å². The number of ether oxygens (including phenoxy) is 3. The molecule has 0 aliphatic heterocycles. The Bertz CT molecular complexity index is 139. The molecule has 0 amide bonds. The van der Waals surface area contributed by atoms with Crippen LogP contribution in [0.25, 0.3) is 0 Å². The molecule has 0 aromatic rings. The minimum absolute atomic E-state index is 0. The molecule has 0 atom stereocenters. The number of halogens is 1.